The molecule has 1 heterocycles. The Hall–Kier alpha value is -1.22. The standard InChI is InChI=1S/C13H14BBrF3NO3/c1-2-21-9-4-3-8(15)10-7(6-19)5-14(11(9)10)22-12(20)13(16,17)18/h3-4,7H,2,5-6,19H2,1H3. The van der Waals surface area contributed by atoms with Crippen LogP contribution in [0.2, 0.25) is 6.32 Å². The van der Waals surface area contributed by atoms with Crippen molar-refractivity contribution in [3.05, 3.63) is 22.2 Å². The predicted octanol–water partition coefficient (Wildman–Crippen LogP) is 2.21. The second-order valence-corrected chi connectivity index (χ2v) is 5.72. The van der Waals surface area contributed by atoms with E-state index in [-0.39, 0.29) is 18.8 Å². The molecular formula is C13H14BBrF3NO3. The van der Waals surface area contributed by atoms with Crippen LogP contribution in [0.3, 0.4) is 0 Å². The van der Waals surface area contributed by atoms with Gasteiger partial charge in [0.05, 0.1) is 6.61 Å². The highest BCUT2D eigenvalue weighted by Crippen LogP contribution is 2.37. The van der Waals surface area contributed by atoms with E-state index >= 15 is 0 Å². The molecule has 0 spiro atoms. The van der Waals surface area contributed by atoms with Gasteiger partial charge in [-0.15, -0.1) is 0 Å². The summed E-state index contributed by atoms with van der Waals surface area (Å²) >= 11 is 3.37. The fourth-order valence-electron chi connectivity index (χ4n) is 2.63. The second kappa shape index (κ2) is 6.50. The Bertz CT molecular complexity index is 582. The number of hydrogen-bond acceptors (Lipinski definition) is 4. The number of rotatable bonds is 4. The highest BCUT2D eigenvalue weighted by atomic mass is 79.9. The van der Waals surface area contributed by atoms with Crippen LogP contribution in [0.25, 0.3) is 0 Å². The van der Waals surface area contributed by atoms with E-state index in [1.807, 2.05) is 0 Å². The number of ether oxygens (including phenoxy) is 1. The lowest BCUT2D eigenvalue weighted by Gasteiger charge is -2.16. The molecule has 0 aromatic heterocycles. The number of nitrogens with two attached hydrogens (primary N) is 1. The predicted molar refractivity (Wildman–Crippen MR) is 79.4 cm³/mol. The molecule has 1 unspecified atom stereocenters. The average molecular weight is 380 g/mol. The summed E-state index contributed by atoms with van der Waals surface area (Å²) in [4.78, 5) is 11.1. The number of carbonyl (C=O) groups excluding carboxylic acids is 1. The molecule has 4 nitrogen and oxygen atoms in total. The zero-order valence-corrected chi connectivity index (χ0v) is 13.3. The summed E-state index contributed by atoms with van der Waals surface area (Å²) in [6, 6.07) is 3.39. The van der Waals surface area contributed by atoms with Gasteiger partial charge in [-0.1, -0.05) is 15.9 Å². The maximum atomic E-state index is 12.4. The van der Waals surface area contributed by atoms with Crippen LogP contribution in [-0.2, 0) is 9.45 Å². The van der Waals surface area contributed by atoms with Gasteiger partial charge in [0.1, 0.15) is 5.75 Å². The van der Waals surface area contributed by atoms with E-state index in [1.165, 1.54) is 0 Å². The Kier molecular flexibility index (Phi) is 5.06. The van der Waals surface area contributed by atoms with Crippen LogP contribution < -0.4 is 15.9 Å². The largest absolute Gasteiger partial charge is 0.524 e. The van der Waals surface area contributed by atoms with Gasteiger partial charge in [-0.25, -0.2) is 4.79 Å². The van der Waals surface area contributed by atoms with Crippen molar-refractivity contribution in [1.82, 2.24) is 0 Å². The Morgan fingerprint density at radius 3 is 2.73 bits per heavy atom. The summed E-state index contributed by atoms with van der Waals surface area (Å²) in [7, 11) is 0. The molecule has 1 aliphatic rings. The van der Waals surface area contributed by atoms with Gasteiger partial charge in [-0.05, 0) is 43.4 Å². The van der Waals surface area contributed by atoms with Gasteiger partial charge in [0.25, 0.3) is 0 Å². The lowest BCUT2D eigenvalue weighted by Crippen LogP contribution is -2.39. The Morgan fingerprint density at radius 1 is 1.50 bits per heavy atom. The Labute approximate surface area is 134 Å². The van der Waals surface area contributed by atoms with Gasteiger partial charge >= 0.3 is 19.1 Å². The lowest BCUT2D eigenvalue weighted by atomic mass is 9.61. The van der Waals surface area contributed by atoms with Gasteiger partial charge < -0.3 is 15.1 Å². The van der Waals surface area contributed by atoms with E-state index in [9.17, 15) is 18.0 Å². The molecule has 1 atom stereocenters. The monoisotopic (exact) mass is 379 g/mol. The highest BCUT2D eigenvalue weighted by molar-refractivity contribution is 9.10. The van der Waals surface area contributed by atoms with Gasteiger partial charge in [0, 0.05) is 9.94 Å². The molecular weight excluding hydrogens is 366 g/mol. The molecule has 0 fully saturated rings. The molecule has 120 valence electrons. The summed E-state index contributed by atoms with van der Waals surface area (Å²) in [6.07, 6.45) is -4.82. The molecule has 2 rings (SSSR count). The highest BCUT2D eigenvalue weighted by Gasteiger charge is 2.47. The summed E-state index contributed by atoms with van der Waals surface area (Å²) in [6.45, 7) is 1.33. The summed E-state index contributed by atoms with van der Waals surface area (Å²) in [5.41, 5.74) is 6.90. The first-order valence-corrected chi connectivity index (χ1v) is 7.51. The van der Waals surface area contributed by atoms with E-state index in [4.69, 9.17) is 10.5 Å². The van der Waals surface area contributed by atoms with Crippen molar-refractivity contribution in [2.24, 2.45) is 5.73 Å². The Balaban J connectivity index is 2.42. The van der Waals surface area contributed by atoms with Crippen LogP contribution in [0.4, 0.5) is 13.2 Å². The van der Waals surface area contributed by atoms with Gasteiger partial charge in [0.2, 0.25) is 0 Å². The van der Waals surface area contributed by atoms with E-state index in [0.29, 0.717) is 22.3 Å². The molecule has 9 heteroatoms. The average Bonchev–Trinajstić information content (AvgIpc) is 2.81. The van der Waals surface area contributed by atoms with Crippen molar-refractivity contribution in [1.29, 1.82) is 0 Å². The second-order valence-electron chi connectivity index (χ2n) is 4.87. The first kappa shape index (κ1) is 17.1. The molecule has 1 aromatic carbocycles. The normalized spacial score (nSPS) is 17.4. The van der Waals surface area contributed by atoms with Crippen molar-refractivity contribution in [2.75, 3.05) is 13.2 Å². The molecule has 1 aliphatic heterocycles. The minimum Gasteiger partial charge on any atom is -0.524 e. The quantitative estimate of drug-likeness (QED) is 0.815. The molecule has 0 amide bonds. The van der Waals surface area contributed by atoms with Crippen LogP contribution in [0, 0.1) is 0 Å². The van der Waals surface area contributed by atoms with Crippen LogP contribution in [0.1, 0.15) is 18.4 Å². The molecule has 1 aromatic rings. The van der Waals surface area contributed by atoms with Crippen molar-refractivity contribution >= 4 is 34.3 Å². The number of hydrogen-bond donors (Lipinski definition) is 1. The molecule has 0 radical (unpaired) electrons. The number of carbonyl (C=O) groups is 1. The fourth-order valence-corrected chi connectivity index (χ4v) is 3.30. The van der Waals surface area contributed by atoms with E-state index in [2.05, 4.69) is 20.6 Å². The van der Waals surface area contributed by atoms with Crippen LogP contribution in [-0.4, -0.2) is 32.2 Å². The van der Waals surface area contributed by atoms with Crippen molar-refractivity contribution in [3.8, 4) is 5.75 Å². The van der Waals surface area contributed by atoms with Crippen molar-refractivity contribution in [3.63, 3.8) is 0 Å². The smallest absolute Gasteiger partial charge is 0.489 e. The molecule has 0 saturated carbocycles. The van der Waals surface area contributed by atoms with Crippen LogP contribution in [0.5, 0.6) is 5.75 Å². The van der Waals surface area contributed by atoms with Gasteiger partial charge in [0.15, 0.2) is 0 Å². The number of alkyl halides is 3. The van der Waals surface area contributed by atoms with Gasteiger partial charge in [-0.2, -0.15) is 13.2 Å². The number of benzene rings is 1. The maximum absolute atomic E-state index is 12.4. The van der Waals surface area contributed by atoms with E-state index in [0.717, 1.165) is 5.56 Å². The van der Waals surface area contributed by atoms with Crippen molar-refractivity contribution in [2.45, 2.75) is 25.3 Å². The summed E-state index contributed by atoms with van der Waals surface area (Å²) in [5.74, 6) is -1.99. The first-order valence-electron chi connectivity index (χ1n) is 6.72. The molecule has 0 saturated heterocycles. The van der Waals surface area contributed by atoms with Gasteiger partial charge in [-0.3, -0.25) is 0 Å². The zero-order valence-electron chi connectivity index (χ0n) is 11.7. The van der Waals surface area contributed by atoms with Crippen LogP contribution >= 0.6 is 15.9 Å². The SMILES string of the molecule is CCOc1ccc(Br)c2c1B(OC(=O)C(F)(F)F)CC2CN. The van der Waals surface area contributed by atoms with Crippen LogP contribution in [0.15, 0.2) is 16.6 Å². The van der Waals surface area contributed by atoms with E-state index in [1.54, 1.807) is 19.1 Å². The molecule has 0 aliphatic carbocycles. The van der Waals surface area contributed by atoms with E-state index < -0.39 is 19.1 Å². The van der Waals surface area contributed by atoms with Crippen molar-refractivity contribution < 1.29 is 27.4 Å². The minimum atomic E-state index is -5.03. The molecule has 0 bridgehead atoms. The molecule has 22 heavy (non-hydrogen) atoms. The molecule has 2 N–H and O–H groups in total. The minimum absolute atomic E-state index is 0.198. The topological polar surface area (TPSA) is 61.5 Å². The lowest BCUT2D eigenvalue weighted by molar-refractivity contribution is -0.190. The first-order chi connectivity index (χ1) is 10.3. The number of fused-ring (bicyclic) bond motifs is 1. The zero-order chi connectivity index (χ0) is 16.5. The third kappa shape index (κ3) is 3.25. The Morgan fingerprint density at radius 2 is 2.18 bits per heavy atom. The number of halogens is 4. The third-order valence-corrected chi connectivity index (χ3v) is 4.18. The third-order valence-electron chi connectivity index (χ3n) is 3.49. The summed E-state index contributed by atoms with van der Waals surface area (Å²) in [5, 5.41) is 0. The maximum Gasteiger partial charge on any atom is 0.489 e. The fraction of sp³-hybridized carbons (Fsp3) is 0.462. The summed E-state index contributed by atoms with van der Waals surface area (Å²) < 4.78 is 48.2.